The van der Waals surface area contributed by atoms with Crippen LogP contribution in [0, 0.1) is 12.7 Å². The third kappa shape index (κ3) is 1.78. The molecule has 74 valence electrons. The second-order valence-corrected chi connectivity index (χ2v) is 2.95. The van der Waals surface area contributed by atoms with Gasteiger partial charge in [0.15, 0.2) is 5.82 Å². The van der Waals surface area contributed by atoms with Crippen LogP contribution >= 0.6 is 12.2 Å². The van der Waals surface area contributed by atoms with E-state index >= 15 is 0 Å². The van der Waals surface area contributed by atoms with Gasteiger partial charge in [-0.3, -0.25) is 4.79 Å². The molecule has 0 aliphatic heterocycles. The molecule has 14 heavy (non-hydrogen) atoms. The lowest BCUT2D eigenvalue weighted by Gasteiger charge is -2.00. The van der Waals surface area contributed by atoms with Crippen molar-refractivity contribution >= 4 is 23.3 Å². The molecule has 1 aromatic rings. The summed E-state index contributed by atoms with van der Waals surface area (Å²) in [4.78, 5) is 14.5. The smallest absolute Gasteiger partial charge is 0.305 e. The fourth-order valence-electron chi connectivity index (χ4n) is 1.23. The van der Waals surface area contributed by atoms with Gasteiger partial charge in [0, 0.05) is 18.3 Å². The lowest BCUT2D eigenvalue weighted by Crippen LogP contribution is -2.06. The van der Waals surface area contributed by atoms with Crippen LogP contribution in [-0.4, -0.2) is 15.6 Å². The summed E-state index contributed by atoms with van der Waals surface area (Å²) in [6, 6.07) is 0. The first-order chi connectivity index (χ1) is 6.61. The Kier molecular flexibility index (Phi) is 3.28. The molecule has 0 unspecified atom stereocenters. The van der Waals surface area contributed by atoms with Crippen LogP contribution in [0.3, 0.4) is 0 Å². The number of carbonyl (C=O) groups is 1. The summed E-state index contributed by atoms with van der Waals surface area (Å²) in [6.07, 6.45) is 1.57. The number of aliphatic imine (C=N–C) groups is 1. The van der Waals surface area contributed by atoms with Crippen LogP contribution in [0.25, 0.3) is 0 Å². The van der Waals surface area contributed by atoms with E-state index < -0.39 is 11.7 Å². The van der Waals surface area contributed by atoms with Gasteiger partial charge in [-0.15, -0.1) is 0 Å². The van der Waals surface area contributed by atoms with Crippen LogP contribution in [0.5, 0.6) is 0 Å². The maximum absolute atomic E-state index is 13.4. The van der Waals surface area contributed by atoms with Crippen molar-refractivity contribution < 1.29 is 9.18 Å². The van der Waals surface area contributed by atoms with Crippen LogP contribution in [0.2, 0.25) is 0 Å². The Morgan fingerprint density at radius 1 is 1.79 bits per heavy atom. The van der Waals surface area contributed by atoms with Crippen LogP contribution in [0.15, 0.2) is 11.2 Å². The second-order valence-electron chi connectivity index (χ2n) is 2.77. The zero-order valence-electron chi connectivity index (χ0n) is 7.87. The summed E-state index contributed by atoms with van der Waals surface area (Å²) >= 11 is 4.29. The third-order valence-electron chi connectivity index (χ3n) is 1.88. The Morgan fingerprint density at radius 3 is 2.93 bits per heavy atom. The first-order valence-corrected chi connectivity index (χ1v) is 4.50. The van der Waals surface area contributed by atoms with Gasteiger partial charge >= 0.3 is 5.91 Å². The van der Waals surface area contributed by atoms with E-state index in [0.29, 0.717) is 12.1 Å². The van der Waals surface area contributed by atoms with Crippen LogP contribution in [0.4, 0.5) is 4.39 Å². The molecule has 0 bridgehead atoms. The minimum absolute atomic E-state index is 0.0534. The van der Waals surface area contributed by atoms with Gasteiger partial charge in [0.2, 0.25) is 0 Å². The minimum atomic E-state index is -0.688. The average molecular weight is 212 g/mol. The summed E-state index contributed by atoms with van der Waals surface area (Å²) in [5.74, 6) is -1.22. The quantitative estimate of drug-likeness (QED) is 0.556. The van der Waals surface area contributed by atoms with Crippen molar-refractivity contribution in [2.45, 2.75) is 20.4 Å². The van der Waals surface area contributed by atoms with Crippen molar-refractivity contribution in [2.24, 2.45) is 4.99 Å². The first-order valence-electron chi connectivity index (χ1n) is 4.09. The topological polar surface area (TPSA) is 34.4 Å². The van der Waals surface area contributed by atoms with Crippen molar-refractivity contribution in [1.29, 1.82) is 0 Å². The largest absolute Gasteiger partial charge is 0.341 e. The van der Waals surface area contributed by atoms with E-state index in [4.69, 9.17) is 0 Å². The molecule has 0 aliphatic carbocycles. The van der Waals surface area contributed by atoms with Crippen LogP contribution in [0.1, 0.15) is 23.0 Å². The number of carbonyl (C=O) groups excluding carboxylic acids is 1. The van der Waals surface area contributed by atoms with Crippen molar-refractivity contribution in [1.82, 2.24) is 4.57 Å². The summed E-state index contributed by atoms with van der Waals surface area (Å²) in [5, 5.41) is 1.93. The van der Waals surface area contributed by atoms with Gasteiger partial charge in [-0.1, -0.05) is 0 Å². The van der Waals surface area contributed by atoms with Crippen LogP contribution < -0.4 is 0 Å². The van der Waals surface area contributed by atoms with E-state index in [1.807, 2.05) is 12.1 Å². The van der Waals surface area contributed by atoms with Gasteiger partial charge in [-0.2, -0.15) is 4.99 Å². The molecule has 0 spiro atoms. The van der Waals surface area contributed by atoms with Gasteiger partial charge < -0.3 is 4.57 Å². The highest BCUT2D eigenvalue weighted by Gasteiger charge is 2.18. The highest BCUT2D eigenvalue weighted by Crippen LogP contribution is 2.15. The number of hydrogen-bond acceptors (Lipinski definition) is 2. The molecule has 1 heterocycles. The molecule has 0 fully saturated rings. The number of thiocarbonyl (C=S) groups is 1. The summed E-state index contributed by atoms with van der Waals surface area (Å²) in [7, 11) is 0. The number of aromatic nitrogens is 1. The highest BCUT2D eigenvalue weighted by molar-refractivity contribution is 7.78. The van der Waals surface area contributed by atoms with Crippen molar-refractivity contribution in [3.05, 3.63) is 23.3 Å². The number of aryl methyl sites for hydroxylation is 2. The van der Waals surface area contributed by atoms with E-state index in [2.05, 4.69) is 17.2 Å². The van der Waals surface area contributed by atoms with Gasteiger partial charge in [0.05, 0.1) is 5.16 Å². The second kappa shape index (κ2) is 4.26. The van der Waals surface area contributed by atoms with E-state index in [1.54, 1.807) is 13.1 Å². The predicted octanol–water partition coefficient (Wildman–Crippen LogP) is 2.20. The SMILES string of the molecule is CCn1cc(C)c(F)c1C(=O)N=C=S. The third-order valence-corrected chi connectivity index (χ3v) is 1.97. The standard InChI is InChI=1S/C9H9FN2OS/c1-3-12-4-6(2)7(10)8(12)9(13)11-5-14/h4H,3H2,1-2H3. The Hall–Kier alpha value is -1.32. The minimum Gasteiger partial charge on any atom is -0.341 e. The molecule has 0 N–H and O–H groups in total. The predicted molar refractivity (Wildman–Crippen MR) is 54.2 cm³/mol. The lowest BCUT2D eigenvalue weighted by molar-refractivity contribution is 0.0991. The zero-order valence-corrected chi connectivity index (χ0v) is 8.69. The molecule has 1 rings (SSSR count). The number of isothiocyanates is 1. The number of rotatable bonds is 2. The van der Waals surface area contributed by atoms with Crippen molar-refractivity contribution in [3.63, 3.8) is 0 Å². The maximum Gasteiger partial charge on any atom is 0.305 e. The molecule has 0 aliphatic rings. The maximum atomic E-state index is 13.4. The molecule has 0 saturated carbocycles. The molecule has 0 radical (unpaired) electrons. The molecule has 0 aromatic carbocycles. The normalized spacial score (nSPS) is 9.64. The van der Waals surface area contributed by atoms with E-state index in [9.17, 15) is 9.18 Å². The van der Waals surface area contributed by atoms with Gasteiger partial charge in [0.1, 0.15) is 5.69 Å². The van der Waals surface area contributed by atoms with Gasteiger partial charge in [-0.05, 0) is 26.1 Å². The first kappa shape index (κ1) is 10.8. The van der Waals surface area contributed by atoms with E-state index in [-0.39, 0.29) is 5.69 Å². The Labute approximate surface area is 86.3 Å². The van der Waals surface area contributed by atoms with Gasteiger partial charge in [-0.25, -0.2) is 4.39 Å². The zero-order chi connectivity index (χ0) is 10.7. The van der Waals surface area contributed by atoms with E-state index in [1.165, 1.54) is 4.57 Å². The Balaban J connectivity index is 3.30. The molecular formula is C9H9FN2OS. The lowest BCUT2D eigenvalue weighted by atomic mass is 10.3. The number of halogens is 1. The van der Waals surface area contributed by atoms with Crippen LogP contribution in [-0.2, 0) is 6.54 Å². The summed E-state index contributed by atoms with van der Waals surface area (Å²) < 4.78 is 14.9. The average Bonchev–Trinajstić information content (AvgIpc) is 2.43. The molecule has 0 saturated heterocycles. The Morgan fingerprint density at radius 2 is 2.43 bits per heavy atom. The monoisotopic (exact) mass is 212 g/mol. The molecular weight excluding hydrogens is 203 g/mol. The number of hydrogen-bond donors (Lipinski definition) is 0. The fourth-order valence-corrected chi connectivity index (χ4v) is 1.31. The Bertz CT molecular complexity index is 419. The van der Waals surface area contributed by atoms with Gasteiger partial charge in [0.25, 0.3) is 0 Å². The number of nitrogens with zero attached hydrogens (tertiary/aromatic N) is 2. The molecule has 0 atom stereocenters. The highest BCUT2D eigenvalue weighted by atomic mass is 32.1. The summed E-state index contributed by atoms with van der Waals surface area (Å²) in [5.41, 5.74) is 0.372. The fraction of sp³-hybridized carbons (Fsp3) is 0.333. The van der Waals surface area contributed by atoms with Crippen molar-refractivity contribution in [3.8, 4) is 0 Å². The summed E-state index contributed by atoms with van der Waals surface area (Å²) in [6.45, 7) is 3.93. The number of amides is 1. The molecule has 5 heteroatoms. The molecule has 3 nitrogen and oxygen atoms in total. The molecule has 1 aromatic heterocycles. The van der Waals surface area contributed by atoms with E-state index in [0.717, 1.165) is 0 Å². The van der Waals surface area contributed by atoms with Crippen molar-refractivity contribution in [2.75, 3.05) is 0 Å². The molecule has 1 amide bonds.